The molecule has 37 heavy (non-hydrogen) atoms. The molecule has 5 heteroatoms. The molecule has 3 aromatic rings. The molecule has 0 amide bonds. The lowest BCUT2D eigenvalue weighted by molar-refractivity contribution is 0.0555. The highest BCUT2D eigenvalue weighted by Crippen LogP contribution is 2.35. The highest BCUT2D eigenvalue weighted by molar-refractivity contribution is 7.08. The summed E-state index contributed by atoms with van der Waals surface area (Å²) in [6.45, 7) is 8.20. The van der Waals surface area contributed by atoms with Crippen LogP contribution in [0, 0.1) is 11.5 Å². The van der Waals surface area contributed by atoms with Gasteiger partial charge in [-0.1, -0.05) is 93.9 Å². The van der Waals surface area contributed by atoms with Crippen molar-refractivity contribution in [1.29, 1.82) is 0 Å². The molecule has 1 unspecified atom stereocenters. The molecule has 0 bridgehead atoms. The number of ether oxygens (including phenoxy) is 2. The molecule has 4 nitrogen and oxygen atoms in total. The fourth-order valence-corrected chi connectivity index (χ4v) is 8.70. The SMILES string of the molecule is CC#C[Si](C)(c1ccccc1)c1c(C(=O)OC)c(C(=O)OC)c(CCC)c(CCC)c1-c1ccccc1. The largest absolute Gasteiger partial charge is 0.465 e. The predicted octanol–water partition coefficient (Wildman–Crippen LogP) is 5.59. The molecular formula is C32H36O4Si. The molecule has 0 aliphatic carbocycles. The van der Waals surface area contributed by atoms with Crippen LogP contribution in [0.15, 0.2) is 60.7 Å². The smallest absolute Gasteiger partial charge is 0.339 e. The summed E-state index contributed by atoms with van der Waals surface area (Å²) in [6.07, 6.45) is 3.11. The van der Waals surface area contributed by atoms with Crippen LogP contribution in [-0.4, -0.2) is 34.2 Å². The number of benzene rings is 3. The lowest BCUT2D eigenvalue weighted by Gasteiger charge is -2.32. The van der Waals surface area contributed by atoms with E-state index in [4.69, 9.17) is 9.47 Å². The van der Waals surface area contributed by atoms with Crippen molar-refractivity contribution in [1.82, 2.24) is 0 Å². The van der Waals surface area contributed by atoms with Gasteiger partial charge in [0.15, 0.2) is 8.07 Å². The van der Waals surface area contributed by atoms with Crippen LogP contribution in [0.3, 0.4) is 0 Å². The third kappa shape index (κ3) is 5.40. The van der Waals surface area contributed by atoms with E-state index in [1.165, 1.54) is 14.2 Å². The summed E-state index contributed by atoms with van der Waals surface area (Å²) in [5, 5.41) is 1.88. The molecule has 0 aliphatic rings. The van der Waals surface area contributed by atoms with Crippen LogP contribution < -0.4 is 10.4 Å². The van der Waals surface area contributed by atoms with Crippen LogP contribution >= 0.6 is 0 Å². The second-order valence-corrected chi connectivity index (χ2v) is 12.7. The third-order valence-corrected chi connectivity index (χ3v) is 10.5. The molecule has 192 valence electrons. The van der Waals surface area contributed by atoms with Crippen molar-refractivity contribution < 1.29 is 19.1 Å². The van der Waals surface area contributed by atoms with Crippen molar-refractivity contribution in [3.63, 3.8) is 0 Å². The van der Waals surface area contributed by atoms with Gasteiger partial charge in [0.1, 0.15) is 0 Å². The van der Waals surface area contributed by atoms with Gasteiger partial charge < -0.3 is 9.47 Å². The summed E-state index contributed by atoms with van der Waals surface area (Å²) in [6, 6.07) is 20.3. The van der Waals surface area contributed by atoms with Gasteiger partial charge in [0.05, 0.1) is 25.3 Å². The minimum Gasteiger partial charge on any atom is -0.465 e. The molecule has 0 saturated carbocycles. The van der Waals surface area contributed by atoms with E-state index in [-0.39, 0.29) is 5.56 Å². The average molecular weight is 513 g/mol. The first kappa shape index (κ1) is 28.0. The molecule has 1 atom stereocenters. The van der Waals surface area contributed by atoms with E-state index in [0.717, 1.165) is 51.9 Å². The Balaban J connectivity index is 2.75. The maximum atomic E-state index is 13.7. The van der Waals surface area contributed by atoms with Gasteiger partial charge in [-0.2, -0.15) is 0 Å². The Labute approximate surface area is 222 Å². The average Bonchev–Trinajstić information content (AvgIpc) is 2.93. The minimum atomic E-state index is -2.92. The van der Waals surface area contributed by atoms with Crippen molar-refractivity contribution >= 4 is 30.4 Å². The first-order valence-corrected chi connectivity index (χ1v) is 15.3. The summed E-state index contributed by atoms with van der Waals surface area (Å²) in [4.78, 5) is 27.2. The number of methoxy groups -OCH3 is 2. The Hall–Kier alpha value is -3.62. The highest BCUT2D eigenvalue weighted by atomic mass is 28.3. The Morgan fingerprint density at radius 3 is 1.81 bits per heavy atom. The van der Waals surface area contributed by atoms with Gasteiger partial charge in [-0.05, 0) is 52.4 Å². The number of hydrogen-bond acceptors (Lipinski definition) is 4. The molecule has 0 aromatic heterocycles. The van der Waals surface area contributed by atoms with E-state index >= 15 is 0 Å². The molecule has 0 aliphatic heterocycles. The minimum absolute atomic E-state index is 0.289. The van der Waals surface area contributed by atoms with Gasteiger partial charge in [0.2, 0.25) is 0 Å². The fourth-order valence-electron chi connectivity index (χ4n) is 5.26. The van der Waals surface area contributed by atoms with Gasteiger partial charge in [-0.25, -0.2) is 9.59 Å². The summed E-state index contributed by atoms with van der Waals surface area (Å²) in [5.41, 5.74) is 8.13. The molecule has 3 aromatic carbocycles. The van der Waals surface area contributed by atoms with E-state index in [0.29, 0.717) is 12.0 Å². The van der Waals surface area contributed by atoms with Crippen molar-refractivity contribution in [3.05, 3.63) is 82.9 Å². The topological polar surface area (TPSA) is 52.6 Å². The summed E-state index contributed by atoms with van der Waals surface area (Å²) in [5.74, 6) is 2.11. The Morgan fingerprint density at radius 2 is 1.30 bits per heavy atom. The quantitative estimate of drug-likeness (QED) is 0.213. The highest BCUT2D eigenvalue weighted by Gasteiger charge is 2.42. The van der Waals surface area contributed by atoms with E-state index in [1.807, 2.05) is 43.3 Å². The summed E-state index contributed by atoms with van der Waals surface area (Å²) < 4.78 is 10.7. The maximum absolute atomic E-state index is 13.7. The van der Waals surface area contributed by atoms with Crippen molar-refractivity contribution in [2.75, 3.05) is 14.2 Å². The van der Waals surface area contributed by atoms with Crippen molar-refractivity contribution in [2.24, 2.45) is 0 Å². The van der Waals surface area contributed by atoms with Crippen molar-refractivity contribution in [3.8, 4) is 22.6 Å². The second-order valence-electron chi connectivity index (χ2n) is 9.17. The first-order valence-electron chi connectivity index (χ1n) is 12.8. The van der Waals surface area contributed by atoms with Crippen LogP contribution in [0.25, 0.3) is 11.1 Å². The van der Waals surface area contributed by atoms with E-state index in [2.05, 4.69) is 56.1 Å². The second kappa shape index (κ2) is 12.6. The first-order chi connectivity index (χ1) is 17.9. The Morgan fingerprint density at radius 1 is 0.784 bits per heavy atom. The molecule has 0 spiro atoms. The van der Waals surface area contributed by atoms with Gasteiger partial charge in [-0.3, -0.25) is 0 Å². The number of hydrogen-bond donors (Lipinski definition) is 0. The fraction of sp³-hybridized carbons (Fsp3) is 0.312. The van der Waals surface area contributed by atoms with E-state index < -0.39 is 20.0 Å². The number of carbonyl (C=O) groups excluding carboxylic acids is 2. The van der Waals surface area contributed by atoms with Crippen LogP contribution in [-0.2, 0) is 22.3 Å². The normalized spacial score (nSPS) is 12.2. The van der Waals surface area contributed by atoms with Crippen LogP contribution in [0.2, 0.25) is 6.55 Å². The van der Waals surface area contributed by atoms with E-state index in [1.54, 1.807) is 0 Å². The van der Waals surface area contributed by atoms with Crippen LogP contribution in [0.1, 0.15) is 65.5 Å². The molecule has 0 N–H and O–H groups in total. The number of esters is 2. The number of carbonyl (C=O) groups is 2. The monoisotopic (exact) mass is 512 g/mol. The molecule has 3 rings (SSSR count). The van der Waals surface area contributed by atoms with E-state index in [9.17, 15) is 9.59 Å². The van der Waals surface area contributed by atoms with Crippen LogP contribution in [0.4, 0.5) is 0 Å². The zero-order valence-electron chi connectivity index (χ0n) is 22.7. The summed E-state index contributed by atoms with van der Waals surface area (Å²) >= 11 is 0. The standard InChI is InChI=1S/C32H36O4Si/c1-7-16-25-26(17-8-2)28(31(33)35-4)29(32(34)36-5)30(27(25)23-18-12-10-13-19-23)37(6,22-9-3)24-20-14-11-15-21-24/h10-15,18-21H,7-8,16-17H2,1-6H3. The lowest BCUT2D eigenvalue weighted by Crippen LogP contribution is -2.58. The predicted molar refractivity (Wildman–Crippen MR) is 153 cm³/mol. The zero-order valence-corrected chi connectivity index (χ0v) is 23.7. The number of rotatable bonds is 9. The van der Waals surface area contributed by atoms with Gasteiger partial charge in [0, 0.05) is 0 Å². The van der Waals surface area contributed by atoms with Crippen molar-refractivity contribution in [2.45, 2.75) is 53.0 Å². The maximum Gasteiger partial charge on any atom is 0.339 e. The van der Waals surface area contributed by atoms with Gasteiger partial charge in [0.25, 0.3) is 0 Å². The summed E-state index contributed by atoms with van der Waals surface area (Å²) in [7, 11) is -0.192. The molecular weight excluding hydrogens is 476 g/mol. The zero-order chi connectivity index (χ0) is 27.0. The third-order valence-electron chi connectivity index (χ3n) is 6.79. The Kier molecular flexibility index (Phi) is 9.49. The molecule has 0 fully saturated rings. The Bertz CT molecular complexity index is 1320. The van der Waals surface area contributed by atoms with Crippen LogP contribution in [0.5, 0.6) is 0 Å². The van der Waals surface area contributed by atoms with Gasteiger partial charge in [-0.15, -0.1) is 11.5 Å². The molecule has 0 saturated heterocycles. The molecule has 0 heterocycles. The molecule has 0 radical (unpaired) electrons. The lowest BCUT2D eigenvalue weighted by atomic mass is 9.84. The van der Waals surface area contributed by atoms with Gasteiger partial charge >= 0.3 is 11.9 Å².